The van der Waals surface area contributed by atoms with Crippen LogP contribution in [0.5, 0.6) is 5.75 Å². The standard InChI is InChI=1S/C12H14ClN5O/c1-3-19-9-7-5-4-6-8(9)15-12-17-10(13)16-11(14-2)18-12/h4-7H,3H2,1-2H3,(H2,14,15,16,17,18). The summed E-state index contributed by atoms with van der Waals surface area (Å²) in [6, 6.07) is 7.54. The molecule has 0 fully saturated rings. The predicted molar refractivity (Wildman–Crippen MR) is 75.3 cm³/mol. The van der Waals surface area contributed by atoms with Gasteiger partial charge in [-0.3, -0.25) is 0 Å². The lowest BCUT2D eigenvalue weighted by Crippen LogP contribution is -2.05. The summed E-state index contributed by atoms with van der Waals surface area (Å²) in [7, 11) is 1.71. The minimum absolute atomic E-state index is 0.121. The molecule has 0 unspecified atom stereocenters. The lowest BCUT2D eigenvalue weighted by atomic mass is 10.3. The largest absolute Gasteiger partial charge is 0.492 e. The van der Waals surface area contributed by atoms with Crippen molar-refractivity contribution in [1.29, 1.82) is 0 Å². The summed E-state index contributed by atoms with van der Waals surface area (Å²) in [5.41, 5.74) is 0.772. The van der Waals surface area contributed by atoms with E-state index in [1.165, 1.54) is 0 Å². The number of nitrogens with one attached hydrogen (secondary N) is 2. The first-order valence-corrected chi connectivity index (χ1v) is 6.19. The number of hydrogen-bond donors (Lipinski definition) is 2. The third kappa shape index (κ3) is 3.45. The molecule has 2 aromatic rings. The second-order valence-corrected chi connectivity index (χ2v) is 3.89. The fourth-order valence-corrected chi connectivity index (χ4v) is 1.65. The maximum atomic E-state index is 5.82. The summed E-state index contributed by atoms with van der Waals surface area (Å²) >= 11 is 5.82. The zero-order chi connectivity index (χ0) is 13.7. The van der Waals surface area contributed by atoms with E-state index in [4.69, 9.17) is 16.3 Å². The van der Waals surface area contributed by atoms with Gasteiger partial charge in [0, 0.05) is 7.05 Å². The molecule has 0 spiro atoms. The van der Waals surface area contributed by atoms with Crippen molar-refractivity contribution < 1.29 is 4.74 Å². The maximum absolute atomic E-state index is 5.82. The topological polar surface area (TPSA) is 72.0 Å². The van der Waals surface area contributed by atoms with Crippen LogP contribution in [0.4, 0.5) is 17.6 Å². The van der Waals surface area contributed by atoms with Gasteiger partial charge in [0.25, 0.3) is 0 Å². The van der Waals surface area contributed by atoms with Crippen molar-refractivity contribution in [2.24, 2.45) is 0 Å². The Bertz CT molecular complexity index is 564. The molecule has 19 heavy (non-hydrogen) atoms. The molecular weight excluding hydrogens is 266 g/mol. The van der Waals surface area contributed by atoms with Gasteiger partial charge in [0.2, 0.25) is 17.2 Å². The van der Waals surface area contributed by atoms with Gasteiger partial charge >= 0.3 is 0 Å². The van der Waals surface area contributed by atoms with Gasteiger partial charge in [0.1, 0.15) is 5.75 Å². The number of ether oxygens (including phenoxy) is 1. The Morgan fingerprint density at radius 2 is 1.89 bits per heavy atom. The first kappa shape index (κ1) is 13.4. The molecule has 0 bridgehead atoms. The molecular formula is C12H14ClN5O. The summed E-state index contributed by atoms with van der Waals surface area (Å²) in [6.07, 6.45) is 0. The Hall–Kier alpha value is -2.08. The van der Waals surface area contributed by atoms with Crippen molar-refractivity contribution in [2.75, 3.05) is 24.3 Å². The van der Waals surface area contributed by atoms with Gasteiger partial charge < -0.3 is 15.4 Å². The number of rotatable bonds is 5. The molecule has 100 valence electrons. The van der Waals surface area contributed by atoms with E-state index in [1.807, 2.05) is 31.2 Å². The van der Waals surface area contributed by atoms with Gasteiger partial charge in [-0.05, 0) is 30.7 Å². The highest BCUT2D eigenvalue weighted by molar-refractivity contribution is 6.28. The van der Waals surface area contributed by atoms with Crippen LogP contribution in [0.2, 0.25) is 5.28 Å². The van der Waals surface area contributed by atoms with Crippen LogP contribution in [0.3, 0.4) is 0 Å². The smallest absolute Gasteiger partial charge is 0.233 e. The molecule has 0 radical (unpaired) electrons. The van der Waals surface area contributed by atoms with Gasteiger partial charge in [-0.15, -0.1) is 0 Å². The number of nitrogens with zero attached hydrogens (tertiary/aromatic N) is 3. The molecule has 7 heteroatoms. The summed E-state index contributed by atoms with van der Waals surface area (Å²) in [5, 5.41) is 6.00. The van der Waals surface area contributed by atoms with Gasteiger partial charge in [-0.1, -0.05) is 12.1 Å². The summed E-state index contributed by atoms with van der Waals surface area (Å²) < 4.78 is 5.51. The maximum Gasteiger partial charge on any atom is 0.233 e. The molecule has 0 aliphatic rings. The average molecular weight is 280 g/mol. The van der Waals surface area contributed by atoms with E-state index >= 15 is 0 Å². The van der Waals surface area contributed by atoms with Gasteiger partial charge in [0.15, 0.2) is 0 Å². The van der Waals surface area contributed by atoms with Crippen LogP contribution in [0.1, 0.15) is 6.92 Å². The van der Waals surface area contributed by atoms with Crippen molar-refractivity contribution in [3.8, 4) is 5.75 Å². The third-order valence-electron chi connectivity index (χ3n) is 2.27. The molecule has 6 nitrogen and oxygen atoms in total. The summed E-state index contributed by atoms with van der Waals surface area (Å²) in [6.45, 7) is 2.51. The molecule has 1 heterocycles. The van der Waals surface area contributed by atoms with Crippen LogP contribution >= 0.6 is 11.6 Å². The average Bonchev–Trinajstić information content (AvgIpc) is 2.40. The Labute approximate surface area is 116 Å². The fourth-order valence-electron chi connectivity index (χ4n) is 1.49. The molecule has 1 aromatic carbocycles. The molecule has 2 rings (SSSR count). The van der Waals surface area contributed by atoms with Gasteiger partial charge in [-0.25, -0.2) is 0 Å². The number of hydrogen-bond acceptors (Lipinski definition) is 6. The van der Waals surface area contributed by atoms with E-state index in [1.54, 1.807) is 7.05 Å². The number of benzene rings is 1. The van der Waals surface area contributed by atoms with Crippen LogP contribution in [-0.2, 0) is 0 Å². The highest BCUT2D eigenvalue weighted by atomic mass is 35.5. The van der Waals surface area contributed by atoms with Crippen molar-refractivity contribution in [1.82, 2.24) is 15.0 Å². The van der Waals surface area contributed by atoms with Crippen LogP contribution in [0.15, 0.2) is 24.3 Å². The highest BCUT2D eigenvalue weighted by Crippen LogP contribution is 2.26. The summed E-state index contributed by atoms with van der Waals surface area (Å²) in [5.74, 6) is 1.49. The highest BCUT2D eigenvalue weighted by Gasteiger charge is 2.07. The molecule has 0 atom stereocenters. The van der Waals surface area contributed by atoms with Crippen LogP contribution in [-0.4, -0.2) is 28.6 Å². The van der Waals surface area contributed by atoms with E-state index in [0.29, 0.717) is 18.5 Å². The van der Waals surface area contributed by atoms with Crippen molar-refractivity contribution >= 4 is 29.2 Å². The number of para-hydroxylation sites is 2. The van der Waals surface area contributed by atoms with Crippen LogP contribution in [0, 0.1) is 0 Å². The van der Waals surface area contributed by atoms with E-state index in [9.17, 15) is 0 Å². The van der Waals surface area contributed by atoms with Crippen molar-refractivity contribution in [3.05, 3.63) is 29.5 Å². The van der Waals surface area contributed by atoms with Crippen LogP contribution in [0.25, 0.3) is 0 Å². The first-order chi connectivity index (χ1) is 9.22. The number of aromatic nitrogens is 3. The minimum atomic E-state index is 0.121. The van der Waals surface area contributed by atoms with Crippen molar-refractivity contribution in [3.63, 3.8) is 0 Å². The number of anilines is 3. The first-order valence-electron chi connectivity index (χ1n) is 5.81. The molecule has 2 N–H and O–H groups in total. The molecule has 0 aliphatic heterocycles. The van der Waals surface area contributed by atoms with E-state index < -0.39 is 0 Å². The van der Waals surface area contributed by atoms with Gasteiger partial charge in [0.05, 0.1) is 12.3 Å². The predicted octanol–water partition coefficient (Wildman–Crippen LogP) is 2.71. The minimum Gasteiger partial charge on any atom is -0.492 e. The van der Waals surface area contributed by atoms with E-state index in [2.05, 4.69) is 25.6 Å². The quantitative estimate of drug-likeness (QED) is 0.877. The normalized spacial score (nSPS) is 10.1. The van der Waals surface area contributed by atoms with E-state index in [0.717, 1.165) is 11.4 Å². The third-order valence-corrected chi connectivity index (χ3v) is 2.43. The number of halogens is 1. The van der Waals surface area contributed by atoms with Crippen LogP contribution < -0.4 is 15.4 Å². The lowest BCUT2D eigenvalue weighted by Gasteiger charge is -2.11. The Morgan fingerprint density at radius 1 is 1.16 bits per heavy atom. The Balaban J connectivity index is 2.28. The lowest BCUT2D eigenvalue weighted by molar-refractivity contribution is 0.342. The molecule has 1 aromatic heterocycles. The van der Waals surface area contributed by atoms with Crippen molar-refractivity contribution in [2.45, 2.75) is 6.92 Å². The Morgan fingerprint density at radius 3 is 2.63 bits per heavy atom. The zero-order valence-corrected chi connectivity index (χ0v) is 11.4. The Kier molecular flexibility index (Phi) is 4.35. The zero-order valence-electron chi connectivity index (χ0n) is 10.6. The fraction of sp³-hybridized carbons (Fsp3) is 0.250. The van der Waals surface area contributed by atoms with E-state index in [-0.39, 0.29) is 5.28 Å². The molecule has 0 saturated carbocycles. The molecule has 0 saturated heterocycles. The SMILES string of the molecule is CCOc1ccccc1Nc1nc(Cl)nc(NC)n1. The second kappa shape index (κ2) is 6.19. The molecule has 0 amide bonds. The van der Waals surface area contributed by atoms with Gasteiger partial charge in [-0.2, -0.15) is 15.0 Å². The second-order valence-electron chi connectivity index (χ2n) is 3.56. The summed E-state index contributed by atoms with van der Waals surface area (Å²) in [4.78, 5) is 12.1. The molecule has 0 aliphatic carbocycles. The monoisotopic (exact) mass is 279 g/mol.